The fourth-order valence-electron chi connectivity index (χ4n) is 4.02. The molecule has 8 heteroatoms. The number of carbonyl (C=O) groups is 1. The predicted molar refractivity (Wildman–Crippen MR) is 118 cm³/mol. The summed E-state index contributed by atoms with van der Waals surface area (Å²) in [5.74, 6) is 0.579. The smallest absolute Gasteiger partial charge is 0.336 e. The van der Waals surface area contributed by atoms with E-state index in [1.807, 2.05) is 18.7 Å². The Labute approximate surface area is 178 Å². The third-order valence-corrected chi connectivity index (χ3v) is 6.47. The average molecular weight is 428 g/mol. The van der Waals surface area contributed by atoms with Crippen LogP contribution in [-0.2, 0) is 11.3 Å². The Bertz CT molecular complexity index is 1180. The zero-order chi connectivity index (χ0) is 21.3. The number of hydrogen-bond acceptors (Lipinski definition) is 5. The normalized spacial score (nSPS) is 16.7. The van der Waals surface area contributed by atoms with Gasteiger partial charge in [-0.3, -0.25) is 14.2 Å². The lowest BCUT2D eigenvalue weighted by Crippen LogP contribution is -2.46. The molecule has 0 saturated carbocycles. The zero-order valence-electron chi connectivity index (χ0n) is 17.2. The first-order chi connectivity index (χ1) is 14.5. The molecule has 30 heavy (non-hydrogen) atoms. The van der Waals surface area contributed by atoms with Gasteiger partial charge in [-0.1, -0.05) is 0 Å². The largest absolute Gasteiger partial charge is 0.494 e. The van der Waals surface area contributed by atoms with Gasteiger partial charge in [0.1, 0.15) is 17.0 Å². The van der Waals surface area contributed by atoms with E-state index in [1.54, 1.807) is 35.7 Å². The van der Waals surface area contributed by atoms with Gasteiger partial charge in [0, 0.05) is 12.6 Å². The first kappa shape index (κ1) is 20.4. The van der Waals surface area contributed by atoms with Crippen molar-refractivity contribution < 1.29 is 9.53 Å². The van der Waals surface area contributed by atoms with Crippen LogP contribution in [0, 0.1) is 0 Å². The molecule has 0 radical (unpaired) electrons. The summed E-state index contributed by atoms with van der Waals surface area (Å²) in [5.41, 5.74) is 0.0868. The van der Waals surface area contributed by atoms with Crippen LogP contribution >= 0.6 is 11.3 Å². The minimum atomic E-state index is -0.506. The lowest BCUT2D eigenvalue weighted by atomic mass is 10.0. The topological polar surface area (TPSA) is 73.5 Å². The maximum Gasteiger partial charge on any atom is 0.336 e. The van der Waals surface area contributed by atoms with E-state index in [2.05, 4.69) is 0 Å². The zero-order valence-corrected chi connectivity index (χ0v) is 18.0. The summed E-state index contributed by atoms with van der Waals surface area (Å²) in [6.07, 6.45) is 3.06. The van der Waals surface area contributed by atoms with E-state index in [4.69, 9.17) is 4.74 Å². The summed E-state index contributed by atoms with van der Waals surface area (Å²) in [6.45, 7) is 5.10. The molecule has 1 unspecified atom stereocenters. The molecule has 0 N–H and O–H groups in total. The fourth-order valence-corrected chi connectivity index (χ4v) is 4.84. The number of piperidine rings is 1. The van der Waals surface area contributed by atoms with Gasteiger partial charge in [0.05, 0.1) is 17.8 Å². The van der Waals surface area contributed by atoms with Crippen molar-refractivity contribution in [3.8, 4) is 11.4 Å². The van der Waals surface area contributed by atoms with Crippen LogP contribution in [0.3, 0.4) is 0 Å². The average Bonchev–Trinajstić information content (AvgIpc) is 3.23. The van der Waals surface area contributed by atoms with Gasteiger partial charge in [-0.05, 0) is 68.8 Å². The van der Waals surface area contributed by atoms with Crippen LogP contribution in [0.25, 0.3) is 15.9 Å². The number of amides is 1. The summed E-state index contributed by atoms with van der Waals surface area (Å²) in [6, 6.07) is 8.73. The van der Waals surface area contributed by atoms with Gasteiger partial charge >= 0.3 is 5.69 Å². The highest BCUT2D eigenvalue weighted by Crippen LogP contribution is 2.20. The molecule has 0 aliphatic carbocycles. The predicted octanol–water partition coefficient (Wildman–Crippen LogP) is 3.01. The quantitative estimate of drug-likeness (QED) is 0.627. The number of nitrogens with zero attached hydrogens (tertiary/aromatic N) is 3. The molecule has 3 aromatic rings. The Morgan fingerprint density at radius 1 is 1.17 bits per heavy atom. The van der Waals surface area contributed by atoms with E-state index in [9.17, 15) is 14.4 Å². The second-order valence-corrected chi connectivity index (χ2v) is 8.42. The summed E-state index contributed by atoms with van der Waals surface area (Å²) in [5, 5.41) is 1.78. The first-order valence-electron chi connectivity index (χ1n) is 10.3. The second-order valence-electron chi connectivity index (χ2n) is 7.50. The van der Waals surface area contributed by atoms with Crippen molar-refractivity contribution in [1.82, 2.24) is 14.0 Å². The van der Waals surface area contributed by atoms with Crippen LogP contribution in [0.5, 0.6) is 5.75 Å². The number of likely N-dealkylation sites (tertiary alicyclic amines) is 1. The lowest BCUT2D eigenvalue weighted by Gasteiger charge is -2.33. The molecule has 1 aliphatic heterocycles. The molecule has 1 amide bonds. The third-order valence-electron chi connectivity index (χ3n) is 5.58. The van der Waals surface area contributed by atoms with Crippen LogP contribution in [0.4, 0.5) is 0 Å². The molecule has 0 spiro atoms. The maximum absolute atomic E-state index is 13.3. The Morgan fingerprint density at radius 2 is 1.93 bits per heavy atom. The van der Waals surface area contributed by atoms with Crippen molar-refractivity contribution in [2.75, 3.05) is 13.2 Å². The Kier molecular flexibility index (Phi) is 5.76. The molecule has 158 valence electrons. The van der Waals surface area contributed by atoms with Crippen LogP contribution in [-0.4, -0.2) is 39.1 Å². The Hall–Kier alpha value is -2.87. The van der Waals surface area contributed by atoms with E-state index >= 15 is 0 Å². The summed E-state index contributed by atoms with van der Waals surface area (Å²) >= 11 is 1.28. The Balaban J connectivity index is 1.78. The number of thiophene rings is 1. The van der Waals surface area contributed by atoms with E-state index in [-0.39, 0.29) is 24.1 Å². The van der Waals surface area contributed by atoms with E-state index in [1.165, 1.54) is 15.9 Å². The summed E-state index contributed by atoms with van der Waals surface area (Å²) in [7, 11) is 0. The van der Waals surface area contributed by atoms with Crippen LogP contribution in [0.2, 0.25) is 0 Å². The van der Waals surface area contributed by atoms with Gasteiger partial charge in [0.25, 0.3) is 5.56 Å². The minimum Gasteiger partial charge on any atom is -0.494 e. The number of benzene rings is 1. The number of aromatic nitrogens is 2. The monoisotopic (exact) mass is 427 g/mol. The fraction of sp³-hybridized carbons (Fsp3) is 0.409. The molecule has 2 aromatic heterocycles. The number of hydrogen-bond donors (Lipinski definition) is 0. The van der Waals surface area contributed by atoms with Gasteiger partial charge in [0.15, 0.2) is 0 Å². The molecule has 1 aromatic carbocycles. The van der Waals surface area contributed by atoms with Gasteiger partial charge < -0.3 is 9.64 Å². The number of ether oxygens (including phenoxy) is 1. The highest BCUT2D eigenvalue weighted by Gasteiger charge is 2.25. The van der Waals surface area contributed by atoms with Crippen molar-refractivity contribution in [3.05, 3.63) is 56.5 Å². The highest BCUT2D eigenvalue weighted by molar-refractivity contribution is 7.17. The lowest BCUT2D eigenvalue weighted by molar-refractivity contribution is -0.135. The standard InChI is InChI=1S/C22H25N3O4S/c1-3-29-17-9-7-16(8-10-17)25-21(27)20-18(11-13-30-20)24(22(25)28)14-19(26)23-12-5-4-6-15(23)2/h7-11,13,15H,3-6,12,14H2,1-2H3. The molecule has 1 aliphatic rings. The number of carbonyl (C=O) groups excluding carboxylic acids is 1. The van der Waals surface area contributed by atoms with E-state index in [0.29, 0.717) is 34.8 Å². The SMILES string of the molecule is CCOc1ccc(-n2c(=O)c3sccc3n(CC(=O)N3CCCCC3C)c2=O)cc1. The number of rotatable bonds is 5. The first-order valence-corrected chi connectivity index (χ1v) is 11.1. The number of fused-ring (bicyclic) bond motifs is 1. The van der Waals surface area contributed by atoms with Crippen molar-refractivity contribution in [2.45, 2.75) is 45.7 Å². The van der Waals surface area contributed by atoms with Crippen molar-refractivity contribution in [1.29, 1.82) is 0 Å². The molecule has 7 nitrogen and oxygen atoms in total. The molecular formula is C22H25N3O4S. The van der Waals surface area contributed by atoms with Crippen LogP contribution in [0.15, 0.2) is 45.3 Å². The molecule has 0 bridgehead atoms. The van der Waals surface area contributed by atoms with Crippen LogP contribution in [0.1, 0.15) is 33.1 Å². The third kappa shape index (κ3) is 3.67. The molecule has 1 atom stereocenters. The van der Waals surface area contributed by atoms with Gasteiger partial charge in [0.2, 0.25) is 5.91 Å². The molecule has 3 heterocycles. The van der Waals surface area contributed by atoms with Gasteiger partial charge in [-0.25, -0.2) is 9.36 Å². The van der Waals surface area contributed by atoms with Gasteiger partial charge in [-0.15, -0.1) is 11.3 Å². The maximum atomic E-state index is 13.3. The summed E-state index contributed by atoms with van der Waals surface area (Å²) < 4.78 is 8.48. The van der Waals surface area contributed by atoms with Crippen molar-refractivity contribution >= 4 is 27.5 Å². The van der Waals surface area contributed by atoms with E-state index < -0.39 is 5.69 Å². The van der Waals surface area contributed by atoms with Crippen molar-refractivity contribution in [2.24, 2.45) is 0 Å². The summed E-state index contributed by atoms with van der Waals surface area (Å²) in [4.78, 5) is 41.2. The molecule has 1 saturated heterocycles. The molecular weight excluding hydrogens is 402 g/mol. The Morgan fingerprint density at radius 3 is 2.63 bits per heavy atom. The second kappa shape index (κ2) is 8.47. The molecule has 4 rings (SSSR count). The highest BCUT2D eigenvalue weighted by atomic mass is 32.1. The van der Waals surface area contributed by atoms with Crippen LogP contribution < -0.4 is 16.0 Å². The van der Waals surface area contributed by atoms with Crippen molar-refractivity contribution in [3.63, 3.8) is 0 Å². The van der Waals surface area contributed by atoms with E-state index in [0.717, 1.165) is 23.8 Å². The molecule has 1 fully saturated rings. The minimum absolute atomic E-state index is 0.0757. The van der Waals surface area contributed by atoms with Gasteiger partial charge in [-0.2, -0.15) is 0 Å².